The van der Waals surface area contributed by atoms with Gasteiger partial charge in [-0.05, 0) is 36.8 Å². The molecule has 3 nitrogen and oxygen atoms in total. The summed E-state index contributed by atoms with van der Waals surface area (Å²) in [5, 5.41) is 0. The second-order valence-electron chi connectivity index (χ2n) is 4.62. The lowest BCUT2D eigenvalue weighted by Gasteiger charge is -2.04. The molecule has 0 bridgehead atoms. The van der Waals surface area contributed by atoms with E-state index in [9.17, 15) is 4.79 Å². The maximum Gasteiger partial charge on any atom is 0.310 e. The van der Waals surface area contributed by atoms with Crippen LogP contribution < -0.4 is 4.74 Å². The monoisotopic (exact) mass is 294 g/mol. The number of carbonyl (C=O) groups excluding carboxylic acids is 1. The topological polar surface area (TPSA) is 35.5 Å². The minimum atomic E-state index is -0.238. The molecule has 0 heterocycles. The third kappa shape index (κ3) is 4.39. The summed E-state index contributed by atoms with van der Waals surface area (Å²) in [6.45, 7) is 2.18. The molecule has 0 fully saturated rings. The third-order valence-corrected chi connectivity index (χ3v) is 3.07. The van der Waals surface area contributed by atoms with Crippen LogP contribution in [0, 0.1) is 11.8 Å². The van der Waals surface area contributed by atoms with Gasteiger partial charge in [0, 0.05) is 11.1 Å². The molecule has 0 amide bonds. The summed E-state index contributed by atoms with van der Waals surface area (Å²) in [6.07, 6.45) is 0.233. The van der Waals surface area contributed by atoms with E-state index in [1.807, 2.05) is 48.5 Å². The molecule has 0 unspecified atom stereocenters. The van der Waals surface area contributed by atoms with E-state index < -0.39 is 0 Å². The Morgan fingerprint density at radius 3 is 2.68 bits per heavy atom. The molecular weight excluding hydrogens is 276 g/mol. The standard InChI is InChI=1S/C19H18O3/c1-3-22-19(20)14-17-9-5-4-8-16(17)12-11-15-7-6-10-18(13-15)21-2/h4-10,13H,3,14H2,1-2H3. The van der Waals surface area contributed by atoms with Gasteiger partial charge in [0.05, 0.1) is 20.1 Å². The van der Waals surface area contributed by atoms with E-state index in [0.717, 1.165) is 22.4 Å². The molecule has 0 radical (unpaired) electrons. The van der Waals surface area contributed by atoms with Crippen molar-refractivity contribution < 1.29 is 14.3 Å². The third-order valence-electron chi connectivity index (χ3n) is 3.07. The summed E-state index contributed by atoms with van der Waals surface area (Å²) < 4.78 is 10.2. The summed E-state index contributed by atoms with van der Waals surface area (Å²) in [5.74, 6) is 6.75. The molecule has 2 aromatic carbocycles. The first-order valence-corrected chi connectivity index (χ1v) is 7.12. The predicted molar refractivity (Wildman–Crippen MR) is 85.8 cm³/mol. The van der Waals surface area contributed by atoms with E-state index in [0.29, 0.717) is 6.61 Å². The number of ether oxygens (including phenoxy) is 2. The van der Waals surface area contributed by atoms with Crippen LogP contribution in [0.15, 0.2) is 48.5 Å². The summed E-state index contributed by atoms with van der Waals surface area (Å²) in [5.41, 5.74) is 2.57. The number of methoxy groups -OCH3 is 1. The first-order chi connectivity index (χ1) is 10.7. The molecule has 112 valence electrons. The first kappa shape index (κ1) is 15.7. The van der Waals surface area contributed by atoms with Gasteiger partial charge in [0.1, 0.15) is 5.75 Å². The smallest absolute Gasteiger partial charge is 0.310 e. The molecule has 0 saturated heterocycles. The number of carbonyl (C=O) groups is 1. The second kappa shape index (κ2) is 7.90. The minimum absolute atomic E-state index is 0.233. The molecule has 0 saturated carbocycles. The molecular formula is C19H18O3. The van der Waals surface area contributed by atoms with E-state index >= 15 is 0 Å². The fourth-order valence-electron chi connectivity index (χ4n) is 2.00. The maximum absolute atomic E-state index is 11.6. The summed E-state index contributed by atoms with van der Waals surface area (Å²) >= 11 is 0. The lowest BCUT2D eigenvalue weighted by atomic mass is 10.0. The van der Waals surface area contributed by atoms with Crippen LogP contribution in [-0.4, -0.2) is 19.7 Å². The summed E-state index contributed by atoms with van der Waals surface area (Å²) in [6, 6.07) is 15.2. The largest absolute Gasteiger partial charge is 0.497 e. The number of esters is 1. The second-order valence-corrected chi connectivity index (χ2v) is 4.62. The van der Waals surface area contributed by atoms with Gasteiger partial charge in [0.2, 0.25) is 0 Å². The molecule has 0 atom stereocenters. The molecule has 0 aliphatic heterocycles. The lowest BCUT2D eigenvalue weighted by Crippen LogP contribution is -2.08. The lowest BCUT2D eigenvalue weighted by molar-refractivity contribution is -0.142. The predicted octanol–water partition coefficient (Wildman–Crippen LogP) is 3.20. The SMILES string of the molecule is CCOC(=O)Cc1ccccc1C#Cc1cccc(OC)c1. The fraction of sp³-hybridized carbons (Fsp3) is 0.211. The van der Waals surface area contributed by atoms with Crippen LogP contribution in [0.4, 0.5) is 0 Å². The van der Waals surface area contributed by atoms with Crippen molar-refractivity contribution in [3.05, 3.63) is 65.2 Å². The number of hydrogen-bond donors (Lipinski definition) is 0. The van der Waals surface area contributed by atoms with Crippen molar-refractivity contribution in [2.24, 2.45) is 0 Å². The van der Waals surface area contributed by atoms with Crippen molar-refractivity contribution in [2.75, 3.05) is 13.7 Å². The quantitative estimate of drug-likeness (QED) is 0.641. The molecule has 0 aliphatic carbocycles. The summed E-state index contributed by atoms with van der Waals surface area (Å²) in [7, 11) is 1.63. The average molecular weight is 294 g/mol. The zero-order valence-electron chi connectivity index (χ0n) is 12.8. The van der Waals surface area contributed by atoms with Crippen molar-refractivity contribution in [3.8, 4) is 17.6 Å². The maximum atomic E-state index is 11.6. The minimum Gasteiger partial charge on any atom is -0.497 e. The Labute approximate surface area is 130 Å². The highest BCUT2D eigenvalue weighted by molar-refractivity contribution is 5.73. The van der Waals surface area contributed by atoms with E-state index in [2.05, 4.69) is 11.8 Å². The highest BCUT2D eigenvalue weighted by Crippen LogP contribution is 2.13. The zero-order chi connectivity index (χ0) is 15.8. The van der Waals surface area contributed by atoms with Crippen molar-refractivity contribution in [3.63, 3.8) is 0 Å². The highest BCUT2D eigenvalue weighted by atomic mass is 16.5. The van der Waals surface area contributed by atoms with Gasteiger partial charge in [-0.1, -0.05) is 36.1 Å². The Balaban J connectivity index is 2.23. The van der Waals surface area contributed by atoms with Gasteiger partial charge < -0.3 is 9.47 Å². The zero-order valence-corrected chi connectivity index (χ0v) is 12.8. The van der Waals surface area contributed by atoms with Gasteiger partial charge in [-0.3, -0.25) is 4.79 Å². The van der Waals surface area contributed by atoms with Crippen LogP contribution in [0.5, 0.6) is 5.75 Å². The van der Waals surface area contributed by atoms with Crippen molar-refractivity contribution in [2.45, 2.75) is 13.3 Å². The Morgan fingerprint density at radius 2 is 1.91 bits per heavy atom. The van der Waals surface area contributed by atoms with Crippen LogP contribution in [0.3, 0.4) is 0 Å². The first-order valence-electron chi connectivity index (χ1n) is 7.12. The van der Waals surface area contributed by atoms with Gasteiger partial charge in [-0.2, -0.15) is 0 Å². The van der Waals surface area contributed by atoms with Crippen LogP contribution in [0.2, 0.25) is 0 Å². The Morgan fingerprint density at radius 1 is 1.09 bits per heavy atom. The van der Waals surface area contributed by atoms with E-state index in [-0.39, 0.29) is 12.4 Å². The molecule has 22 heavy (non-hydrogen) atoms. The number of hydrogen-bond acceptors (Lipinski definition) is 3. The highest BCUT2D eigenvalue weighted by Gasteiger charge is 2.06. The van der Waals surface area contributed by atoms with Gasteiger partial charge in [0.25, 0.3) is 0 Å². The van der Waals surface area contributed by atoms with Crippen LogP contribution in [-0.2, 0) is 16.0 Å². The van der Waals surface area contributed by atoms with Crippen LogP contribution in [0.1, 0.15) is 23.6 Å². The van der Waals surface area contributed by atoms with Crippen molar-refractivity contribution >= 4 is 5.97 Å². The van der Waals surface area contributed by atoms with E-state index in [1.54, 1.807) is 14.0 Å². The van der Waals surface area contributed by atoms with Gasteiger partial charge >= 0.3 is 5.97 Å². The molecule has 0 aromatic heterocycles. The molecule has 0 spiro atoms. The van der Waals surface area contributed by atoms with Crippen molar-refractivity contribution in [1.82, 2.24) is 0 Å². The molecule has 2 rings (SSSR count). The number of benzene rings is 2. The Bertz CT molecular complexity index is 708. The number of rotatable bonds is 4. The molecule has 2 aromatic rings. The normalized spacial score (nSPS) is 9.55. The average Bonchev–Trinajstić information content (AvgIpc) is 2.54. The van der Waals surface area contributed by atoms with Crippen molar-refractivity contribution in [1.29, 1.82) is 0 Å². The van der Waals surface area contributed by atoms with Gasteiger partial charge in [-0.25, -0.2) is 0 Å². The van der Waals surface area contributed by atoms with E-state index in [1.165, 1.54) is 0 Å². The Kier molecular flexibility index (Phi) is 5.62. The molecule has 0 N–H and O–H groups in total. The summed E-state index contributed by atoms with van der Waals surface area (Å²) in [4.78, 5) is 11.6. The van der Waals surface area contributed by atoms with Gasteiger partial charge in [-0.15, -0.1) is 0 Å². The molecule has 0 aliphatic rings. The molecule has 3 heteroatoms. The van der Waals surface area contributed by atoms with Gasteiger partial charge in [0.15, 0.2) is 0 Å². The Hall–Kier alpha value is -2.73. The van der Waals surface area contributed by atoms with E-state index in [4.69, 9.17) is 9.47 Å². The fourth-order valence-corrected chi connectivity index (χ4v) is 2.00. The van der Waals surface area contributed by atoms with Crippen LogP contribution >= 0.6 is 0 Å². The van der Waals surface area contributed by atoms with Crippen LogP contribution in [0.25, 0.3) is 0 Å².